The van der Waals surface area contributed by atoms with Crippen LogP contribution in [0.4, 0.5) is 5.69 Å². The molecule has 0 N–H and O–H groups in total. The van der Waals surface area contributed by atoms with E-state index in [1.807, 2.05) is 0 Å². The molecule has 0 bridgehead atoms. The van der Waals surface area contributed by atoms with E-state index >= 15 is 0 Å². The van der Waals surface area contributed by atoms with Gasteiger partial charge in [0.1, 0.15) is 6.07 Å². The van der Waals surface area contributed by atoms with E-state index < -0.39 is 0 Å². The molecule has 0 aromatic carbocycles. The third-order valence-corrected chi connectivity index (χ3v) is 2.62. The molecule has 0 amide bonds. The molecule has 1 fully saturated rings. The predicted octanol–water partition coefficient (Wildman–Crippen LogP) is 1.94. The number of pyridine rings is 1. The highest BCUT2D eigenvalue weighted by Gasteiger charge is 2.13. The number of nitrogens with zero attached hydrogens (tertiary/aromatic N) is 3. The average Bonchev–Trinajstić information content (AvgIpc) is 2.30. The Morgan fingerprint density at radius 1 is 1.29 bits per heavy atom. The normalized spacial score (nSPS) is 16.4. The van der Waals surface area contributed by atoms with Crippen molar-refractivity contribution in [1.29, 1.82) is 5.26 Å². The van der Waals surface area contributed by atoms with E-state index in [1.54, 1.807) is 18.5 Å². The van der Waals surface area contributed by atoms with Gasteiger partial charge >= 0.3 is 0 Å². The summed E-state index contributed by atoms with van der Waals surface area (Å²) in [5.74, 6) is 0. The lowest BCUT2D eigenvalue weighted by Crippen LogP contribution is -2.30. The Morgan fingerprint density at radius 2 is 2.07 bits per heavy atom. The van der Waals surface area contributed by atoms with Gasteiger partial charge in [0.25, 0.3) is 0 Å². The highest BCUT2D eigenvalue weighted by Crippen LogP contribution is 2.22. The average molecular weight is 187 g/mol. The quantitative estimate of drug-likeness (QED) is 0.674. The van der Waals surface area contributed by atoms with Crippen LogP contribution in [0.25, 0.3) is 0 Å². The summed E-state index contributed by atoms with van der Waals surface area (Å²) < 4.78 is 0. The van der Waals surface area contributed by atoms with Crippen molar-refractivity contribution in [2.75, 3.05) is 18.0 Å². The Balaban J connectivity index is 2.26. The predicted molar refractivity (Wildman–Crippen MR) is 55.0 cm³/mol. The number of aromatic nitrogens is 1. The van der Waals surface area contributed by atoms with Crippen LogP contribution in [-0.2, 0) is 0 Å². The Kier molecular flexibility index (Phi) is 2.64. The van der Waals surface area contributed by atoms with Crippen molar-refractivity contribution in [3.63, 3.8) is 0 Å². The Hall–Kier alpha value is -1.56. The Bertz CT molecular complexity index is 348. The molecule has 1 aliphatic rings. The molecule has 1 aromatic rings. The van der Waals surface area contributed by atoms with Crippen LogP contribution >= 0.6 is 0 Å². The smallest absolute Gasteiger partial charge is 0.101 e. The largest absolute Gasteiger partial charge is 0.369 e. The van der Waals surface area contributed by atoms with Gasteiger partial charge in [-0.05, 0) is 25.3 Å². The van der Waals surface area contributed by atoms with Gasteiger partial charge in [0.05, 0.1) is 17.4 Å². The zero-order valence-corrected chi connectivity index (χ0v) is 8.11. The van der Waals surface area contributed by atoms with Gasteiger partial charge in [0.2, 0.25) is 0 Å². The van der Waals surface area contributed by atoms with Crippen molar-refractivity contribution < 1.29 is 0 Å². The fourth-order valence-corrected chi connectivity index (χ4v) is 1.87. The van der Waals surface area contributed by atoms with Gasteiger partial charge in [-0.15, -0.1) is 0 Å². The van der Waals surface area contributed by atoms with E-state index in [4.69, 9.17) is 5.26 Å². The molecule has 1 aliphatic heterocycles. The SMILES string of the molecule is N#Cc1ccncc1N1CCCCC1. The summed E-state index contributed by atoms with van der Waals surface area (Å²) >= 11 is 0. The van der Waals surface area contributed by atoms with Crippen molar-refractivity contribution in [1.82, 2.24) is 4.98 Å². The third kappa shape index (κ3) is 1.69. The van der Waals surface area contributed by atoms with Crippen LogP contribution in [0.2, 0.25) is 0 Å². The second kappa shape index (κ2) is 4.10. The van der Waals surface area contributed by atoms with Gasteiger partial charge < -0.3 is 4.90 Å². The van der Waals surface area contributed by atoms with Crippen LogP contribution in [0.3, 0.4) is 0 Å². The maximum Gasteiger partial charge on any atom is 0.101 e. The molecule has 2 heterocycles. The van der Waals surface area contributed by atoms with Gasteiger partial charge in [-0.2, -0.15) is 5.26 Å². The molecular formula is C11H13N3. The minimum Gasteiger partial charge on any atom is -0.369 e. The number of nitriles is 1. The summed E-state index contributed by atoms with van der Waals surface area (Å²) in [6.07, 6.45) is 7.22. The van der Waals surface area contributed by atoms with Crippen LogP contribution in [0, 0.1) is 11.3 Å². The first-order chi connectivity index (χ1) is 6.92. The summed E-state index contributed by atoms with van der Waals surface area (Å²) in [5, 5.41) is 8.94. The Labute approximate surface area is 84.0 Å². The van der Waals surface area contributed by atoms with Crippen molar-refractivity contribution >= 4 is 5.69 Å². The molecule has 3 nitrogen and oxygen atoms in total. The first-order valence-corrected chi connectivity index (χ1v) is 5.01. The first kappa shape index (κ1) is 9.01. The first-order valence-electron chi connectivity index (χ1n) is 5.01. The maximum absolute atomic E-state index is 8.94. The molecule has 1 aromatic heterocycles. The third-order valence-electron chi connectivity index (χ3n) is 2.62. The highest BCUT2D eigenvalue weighted by atomic mass is 15.1. The second-order valence-electron chi connectivity index (χ2n) is 3.55. The second-order valence-corrected chi connectivity index (χ2v) is 3.55. The summed E-state index contributed by atoms with van der Waals surface area (Å²) in [5.41, 5.74) is 1.73. The zero-order valence-electron chi connectivity index (χ0n) is 8.11. The van der Waals surface area contributed by atoms with Gasteiger partial charge in [-0.25, -0.2) is 0 Å². The number of hydrogen-bond acceptors (Lipinski definition) is 3. The zero-order chi connectivity index (χ0) is 9.80. The van der Waals surface area contributed by atoms with Gasteiger partial charge in [0, 0.05) is 19.3 Å². The monoisotopic (exact) mass is 187 g/mol. The molecule has 0 atom stereocenters. The van der Waals surface area contributed by atoms with Crippen LogP contribution in [-0.4, -0.2) is 18.1 Å². The van der Waals surface area contributed by atoms with Gasteiger partial charge in [-0.1, -0.05) is 0 Å². The van der Waals surface area contributed by atoms with E-state index in [2.05, 4.69) is 16.0 Å². The van der Waals surface area contributed by atoms with E-state index in [0.717, 1.165) is 24.3 Å². The van der Waals surface area contributed by atoms with Crippen molar-refractivity contribution in [2.45, 2.75) is 19.3 Å². The van der Waals surface area contributed by atoms with Crippen LogP contribution in [0.15, 0.2) is 18.5 Å². The minimum atomic E-state index is 0.738. The van der Waals surface area contributed by atoms with Crippen LogP contribution in [0.1, 0.15) is 24.8 Å². The highest BCUT2D eigenvalue weighted by molar-refractivity contribution is 5.57. The summed E-state index contributed by atoms with van der Waals surface area (Å²) in [4.78, 5) is 6.33. The molecule has 2 rings (SSSR count). The number of anilines is 1. The van der Waals surface area contributed by atoms with Crippen molar-refractivity contribution in [2.24, 2.45) is 0 Å². The van der Waals surface area contributed by atoms with Crippen molar-refractivity contribution in [3.05, 3.63) is 24.0 Å². The molecule has 0 saturated carbocycles. The van der Waals surface area contributed by atoms with E-state index in [0.29, 0.717) is 0 Å². The molecule has 0 unspecified atom stereocenters. The van der Waals surface area contributed by atoms with Crippen molar-refractivity contribution in [3.8, 4) is 6.07 Å². The Morgan fingerprint density at radius 3 is 2.79 bits per heavy atom. The van der Waals surface area contributed by atoms with Gasteiger partial charge in [0.15, 0.2) is 0 Å². The van der Waals surface area contributed by atoms with E-state index in [-0.39, 0.29) is 0 Å². The lowest BCUT2D eigenvalue weighted by molar-refractivity contribution is 0.577. The molecule has 3 heteroatoms. The molecule has 72 valence electrons. The summed E-state index contributed by atoms with van der Waals surface area (Å²) in [7, 11) is 0. The summed E-state index contributed by atoms with van der Waals surface area (Å²) in [6, 6.07) is 3.99. The topological polar surface area (TPSA) is 39.9 Å². The fraction of sp³-hybridized carbons (Fsp3) is 0.455. The lowest BCUT2D eigenvalue weighted by Gasteiger charge is -2.28. The van der Waals surface area contributed by atoms with E-state index in [9.17, 15) is 0 Å². The molecule has 0 aliphatic carbocycles. The van der Waals surface area contributed by atoms with Crippen LogP contribution < -0.4 is 4.90 Å². The number of rotatable bonds is 1. The lowest BCUT2D eigenvalue weighted by atomic mass is 10.1. The fourth-order valence-electron chi connectivity index (χ4n) is 1.87. The maximum atomic E-state index is 8.94. The van der Waals surface area contributed by atoms with Gasteiger partial charge in [-0.3, -0.25) is 4.98 Å². The van der Waals surface area contributed by atoms with Crippen LogP contribution in [0.5, 0.6) is 0 Å². The molecule has 0 spiro atoms. The molecular weight excluding hydrogens is 174 g/mol. The molecule has 1 saturated heterocycles. The van der Waals surface area contributed by atoms with E-state index in [1.165, 1.54) is 19.3 Å². The number of piperidine rings is 1. The molecule has 14 heavy (non-hydrogen) atoms. The number of hydrogen-bond donors (Lipinski definition) is 0. The standard InChI is InChI=1S/C11H13N3/c12-8-10-4-5-13-9-11(10)14-6-2-1-3-7-14/h4-5,9H,1-3,6-7H2. The molecule has 0 radical (unpaired) electrons. The minimum absolute atomic E-state index is 0.738. The summed E-state index contributed by atoms with van der Waals surface area (Å²) in [6.45, 7) is 2.11.